The molecule has 0 saturated carbocycles. The second kappa shape index (κ2) is 11.0. The van der Waals surface area contributed by atoms with Gasteiger partial charge in [-0.05, 0) is 98.4 Å². The van der Waals surface area contributed by atoms with Crippen LogP contribution in [0.3, 0.4) is 0 Å². The lowest BCUT2D eigenvalue weighted by Crippen LogP contribution is -2.29. The maximum Gasteiger partial charge on any atom is 0.305 e. The molecule has 2 aromatic rings. The largest absolute Gasteiger partial charge is 0.466 e. The number of thioether (sulfide) groups is 1. The highest BCUT2D eigenvalue weighted by Gasteiger charge is 2.34. The van der Waals surface area contributed by atoms with E-state index >= 15 is 0 Å². The SMILES string of the molecule is CCOC(=O)CCCCc1ccc(C#Cc2cc3c(cc2C)SCCC3(CC)CC)o1. The number of rotatable bonds is 8. The van der Waals surface area contributed by atoms with Gasteiger partial charge in [0.05, 0.1) is 6.61 Å². The van der Waals surface area contributed by atoms with Crippen LogP contribution in [0, 0.1) is 18.8 Å². The molecule has 1 aromatic carbocycles. The van der Waals surface area contributed by atoms with E-state index in [4.69, 9.17) is 9.15 Å². The first kappa shape index (κ1) is 23.5. The fourth-order valence-corrected chi connectivity index (χ4v) is 5.74. The number of carbonyl (C=O) groups excluding carboxylic acids is 1. The summed E-state index contributed by atoms with van der Waals surface area (Å²) < 4.78 is 10.9. The molecule has 0 aliphatic carbocycles. The van der Waals surface area contributed by atoms with Crippen molar-refractivity contribution in [2.75, 3.05) is 12.4 Å². The zero-order valence-corrected chi connectivity index (χ0v) is 20.1. The number of fused-ring (bicyclic) bond motifs is 1. The van der Waals surface area contributed by atoms with Crippen molar-refractivity contribution in [1.82, 2.24) is 0 Å². The first-order chi connectivity index (χ1) is 15.0. The molecule has 1 aliphatic heterocycles. The van der Waals surface area contributed by atoms with Gasteiger partial charge in [-0.1, -0.05) is 19.8 Å². The molecule has 3 nitrogen and oxygen atoms in total. The summed E-state index contributed by atoms with van der Waals surface area (Å²) in [7, 11) is 0. The summed E-state index contributed by atoms with van der Waals surface area (Å²) in [5.74, 6) is 9.28. The molecule has 1 aromatic heterocycles. The van der Waals surface area contributed by atoms with Crippen LogP contribution < -0.4 is 0 Å². The molecule has 0 saturated heterocycles. The van der Waals surface area contributed by atoms with Crippen molar-refractivity contribution in [3.05, 3.63) is 52.5 Å². The summed E-state index contributed by atoms with van der Waals surface area (Å²) in [5.41, 5.74) is 4.09. The van der Waals surface area contributed by atoms with Crippen molar-refractivity contribution < 1.29 is 13.9 Å². The van der Waals surface area contributed by atoms with Gasteiger partial charge in [-0.3, -0.25) is 4.79 Å². The summed E-state index contributed by atoms with van der Waals surface area (Å²) in [5, 5.41) is 0. The molecule has 0 unspecified atom stereocenters. The van der Waals surface area contributed by atoms with Crippen LogP contribution in [0.15, 0.2) is 33.6 Å². The molecular formula is C27H34O3S. The van der Waals surface area contributed by atoms with Crippen LogP contribution in [0.25, 0.3) is 0 Å². The monoisotopic (exact) mass is 438 g/mol. The minimum Gasteiger partial charge on any atom is -0.466 e. The number of hydrogen-bond donors (Lipinski definition) is 0. The Kier molecular flexibility index (Phi) is 8.32. The van der Waals surface area contributed by atoms with Gasteiger partial charge in [0.2, 0.25) is 0 Å². The van der Waals surface area contributed by atoms with Gasteiger partial charge in [0, 0.05) is 23.3 Å². The van der Waals surface area contributed by atoms with Crippen LogP contribution in [0.1, 0.15) is 87.5 Å². The number of furan rings is 1. The van der Waals surface area contributed by atoms with Crippen LogP contribution in [-0.4, -0.2) is 18.3 Å². The lowest BCUT2D eigenvalue weighted by molar-refractivity contribution is -0.143. The fraction of sp³-hybridized carbons (Fsp3) is 0.519. The van der Waals surface area contributed by atoms with E-state index in [1.807, 2.05) is 30.8 Å². The lowest BCUT2D eigenvalue weighted by atomic mass is 9.73. The Morgan fingerprint density at radius 3 is 2.71 bits per heavy atom. The normalized spacial score (nSPS) is 14.5. The second-order valence-corrected chi connectivity index (χ2v) is 9.41. The van der Waals surface area contributed by atoms with E-state index in [0.29, 0.717) is 18.8 Å². The van der Waals surface area contributed by atoms with Gasteiger partial charge >= 0.3 is 5.97 Å². The highest BCUT2D eigenvalue weighted by molar-refractivity contribution is 7.99. The predicted octanol–water partition coefficient (Wildman–Crippen LogP) is 6.82. The summed E-state index contributed by atoms with van der Waals surface area (Å²) in [6, 6.07) is 8.58. The average molecular weight is 439 g/mol. The summed E-state index contributed by atoms with van der Waals surface area (Å²) >= 11 is 1.98. The fourth-order valence-electron chi connectivity index (χ4n) is 4.34. The molecule has 2 heterocycles. The topological polar surface area (TPSA) is 39.4 Å². The van der Waals surface area contributed by atoms with Gasteiger partial charge in [-0.15, -0.1) is 11.8 Å². The number of esters is 1. The van der Waals surface area contributed by atoms with Crippen molar-refractivity contribution >= 4 is 17.7 Å². The zero-order chi connectivity index (χ0) is 22.3. The minimum absolute atomic E-state index is 0.123. The van der Waals surface area contributed by atoms with Gasteiger partial charge in [-0.25, -0.2) is 0 Å². The number of carbonyl (C=O) groups is 1. The Balaban J connectivity index is 1.68. The van der Waals surface area contributed by atoms with E-state index in [1.54, 1.807) is 0 Å². The number of benzene rings is 1. The first-order valence-electron chi connectivity index (χ1n) is 11.6. The molecule has 0 radical (unpaired) electrons. The molecule has 0 N–H and O–H groups in total. The van der Waals surface area contributed by atoms with E-state index in [9.17, 15) is 4.79 Å². The van der Waals surface area contributed by atoms with Crippen LogP contribution in [-0.2, 0) is 21.4 Å². The van der Waals surface area contributed by atoms with Crippen molar-refractivity contribution in [3.8, 4) is 11.8 Å². The van der Waals surface area contributed by atoms with E-state index < -0.39 is 0 Å². The Bertz CT molecular complexity index is 957. The van der Waals surface area contributed by atoms with Gasteiger partial charge < -0.3 is 9.15 Å². The maximum absolute atomic E-state index is 11.4. The Hall–Kier alpha value is -2.12. The summed E-state index contributed by atoms with van der Waals surface area (Å²) in [6.45, 7) is 9.05. The maximum atomic E-state index is 11.4. The molecular weight excluding hydrogens is 404 g/mol. The summed E-state index contributed by atoms with van der Waals surface area (Å²) in [6.07, 6.45) is 6.57. The van der Waals surface area contributed by atoms with Crippen molar-refractivity contribution in [3.63, 3.8) is 0 Å². The molecule has 3 rings (SSSR count). The molecule has 0 spiro atoms. The Morgan fingerprint density at radius 1 is 1.16 bits per heavy atom. The van der Waals surface area contributed by atoms with Gasteiger partial charge in [-0.2, -0.15) is 0 Å². The molecule has 0 fully saturated rings. The molecule has 31 heavy (non-hydrogen) atoms. The van der Waals surface area contributed by atoms with Gasteiger partial charge in [0.15, 0.2) is 5.76 Å². The molecule has 166 valence electrons. The van der Waals surface area contributed by atoms with Crippen LogP contribution in [0.4, 0.5) is 0 Å². The van der Waals surface area contributed by atoms with E-state index in [1.165, 1.54) is 41.0 Å². The zero-order valence-electron chi connectivity index (χ0n) is 19.3. The van der Waals surface area contributed by atoms with Crippen LogP contribution >= 0.6 is 11.8 Å². The Morgan fingerprint density at radius 2 is 1.97 bits per heavy atom. The third-order valence-electron chi connectivity index (χ3n) is 6.43. The number of unbranched alkanes of at least 4 members (excludes halogenated alkanes) is 1. The smallest absolute Gasteiger partial charge is 0.305 e. The average Bonchev–Trinajstić information content (AvgIpc) is 3.22. The number of hydrogen-bond acceptors (Lipinski definition) is 4. The van der Waals surface area contributed by atoms with E-state index in [-0.39, 0.29) is 11.4 Å². The molecule has 0 amide bonds. The third kappa shape index (κ3) is 5.77. The second-order valence-electron chi connectivity index (χ2n) is 8.28. The van der Waals surface area contributed by atoms with Crippen LogP contribution in [0.2, 0.25) is 0 Å². The van der Waals surface area contributed by atoms with Crippen molar-refractivity contribution in [2.24, 2.45) is 0 Å². The number of aryl methyl sites for hydroxylation is 2. The quantitative estimate of drug-likeness (QED) is 0.258. The molecule has 1 aliphatic rings. The molecule has 0 bridgehead atoms. The highest BCUT2D eigenvalue weighted by atomic mass is 32.2. The standard InChI is InChI=1S/C27H34O3S/c1-5-27(6-2)16-17-31-25-18-20(4)21(19-24(25)27)12-13-23-15-14-22(30-23)10-8-9-11-26(28)29-7-3/h14-15,18-19H,5-11,16-17H2,1-4H3. The number of ether oxygens (including phenoxy) is 1. The van der Waals surface area contributed by atoms with Crippen molar-refractivity contribution in [2.45, 2.75) is 83.0 Å². The molecule has 4 heteroatoms. The Labute approximate surface area is 191 Å². The minimum atomic E-state index is -0.123. The van der Waals surface area contributed by atoms with Crippen LogP contribution in [0.5, 0.6) is 0 Å². The third-order valence-corrected chi connectivity index (χ3v) is 7.49. The molecule has 0 atom stereocenters. The lowest BCUT2D eigenvalue weighted by Gasteiger charge is -2.38. The first-order valence-corrected chi connectivity index (χ1v) is 12.5. The predicted molar refractivity (Wildman–Crippen MR) is 128 cm³/mol. The van der Waals surface area contributed by atoms with Gasteiger partial charge in [0.25, 0.3) is 0 Å². The summed E-state index contributed by atoms with van der Waals surface area (Å²) in [4.78, 5) is 12.8. The van der Waals surface area contributed by atoms with Crippen molar-refractivity contribution in [1.29, 1.82) is 0 Å². The van der Waals surface area contributed by atoms with Gasteiger partial charge in [0.1, 0.15) is 5.76 Å². The highest BCUT2D eigenvalue weighted by Crippen LogP contribution is 2.46. The van der Waals surface area contributed by atoms with E-state index in [0.717, 1.165) is 30.6 Å². The van der Waals surface area contributed by atoms with E-state index in [2.05, 4.69) is 44.7 Å².